The maximum atomic E-state index is 13.2. The van der Waals surface area contributed by atoms with Crippen LogP contribution in [0.4, 0.5) is 0 Å². The maximum Gasteiger partial charge on any atom is 0.254 e. The third kappa shape index (κ3) is 4.24. The summed E-state index contributed by atoms with van der Waals surface area (Å²) in [4.78, 5) is 31.4. The molecule has 154 valence electrons. The molecule has 0 radical (unpaired) electrons. The summed E-state index contributed by atoms with van der Waals surface area (Å²) in [6.07, 6.45) is 1.98. The van der Waals surface area contributed by atoms with Crippen LogP contribution in [0.1, 0.15) is 23.2 Å². The van der Waals surface area contributed by atoms with Crippen LogP contribution in [0, 0.1) is 0 Å². The lowest BCUT2D eigenvalue weighted by Gasteiger charge is -2.19. The molecule has 1 N–H and O–H groups in total. The van der Waals surface area contributed by atoms with Crippen molar-refractivity contribution in [3.8, 4) is 11.3 Å². The number of nitrogens with one attached hydrogen (secondary N) is 1. The predicted octanol–water partition coefficient (Wildman–Crippen LogP) is 5.21. The Morgan fingerprint density at radius 1 is 1.10 bits per heavy atom. The van der Waals surface area contributed by atoms with Crippen molar-refractivity contribution in [1.29, 1.82) is 0 Å². The van der Waals surface area contributed by atoms with E-state index in [4.69, 9.17) is 34.8 Å². The minimum atomic E-state index is -0.281. The molecule has 1 saturated carbocycles. The second kappa shape index (κ2) is 8.42. The Kier molecular flexibility index (Phi) is 5.87. The van der Waals surface area contributed by atoms with Crippen molar-refractivity contribution in [2.45, 2.75) is 18.9 Å². The first-order chi connectivity index (χ1) is 14.3. The molecule has 2 aromatic carbocycles. The van der Waals surface area contributed by atoms with E-state index < -0.39 is 0 Å². The van der Waals surface area contributed by atoms with Gasteiger partial charge in [-0.15, -0.1) is 0 Å². The number of carbonyl (C=O) groups excluding carboxylic acids is 2. The normalized spacial score (nSPS) is 13.3. The van der Waals surface area contributed by atoms with Crippen LogP contribution < -0.4 is 5.32 Å². The topological polar surface area (TPSA) is 62.3 Å². The summed E-state index contributed by atoms with van der Waals surface area (Å²) < 4.78 is 0. The van der Waals surface area contributed by atoms with Crippen molar-refractivity contribution >= 4 is 57.5 Å². The third-order valence-corrected chi connectivity index (χ3v) is 6.22. The number of hydrogen-bond donors (Lipinski definition) is 1. The van der Waals surface area contributed by atoms with Crippen LogP contribution in [-0.4, -0.2) is 41.3 Å². The number of rotatable bonds is 5. The second-order valence-electron chi connectivity index (χ2n) is 7.30. The van der Waals surface area contributed by atoms with Crippen molar-refractivity contribution in [2.75, 3.05) is 13.6 Å². The van der Waals surface area contributed by atoms with Crippen LogP contribution >= 0.6 is 34.8 Å². The number of halogens is 3. The summed E-state index contributed by atoms with van der Waals surface area (Å²) in [6, 6.07) is 12.6. The molecule has 5 nitrogen and oxygen atoms in total. The van der Waals surface area contributed by atoms with Gasteiger partial charge in [-0.05, 0) is 37.1 Å². The number of carbonyl (C=O) groups is 2. The van der Waals surface area contributed by atoms with E-state index in [1.807, 2.05) is 24.3 Å². The number of likely N-dealkylation sites (N-methyl/N-ethyl adjacent to an activating group) is 1. The zero-order valence-electron chi connectivity index (χ0n) is 16.1. The van der Waals surface area contributed by atoms with Gasteiger partial charge in [-0.3, -0.25) is 9.59 Å². The van der Waals surface area contributed by atoms with E-state index in [9.17, 15) is 9.59 Å². The highest BCUT2D eigenvalue weighted by Crippen LogP contribution is 2.38. The van der Waals surface area contributed by atoms with Crippen LogP contribution in [0.15, 0.2) is 42.5 Å². The van der Waals surface area contributed by atoms with Gasteiger partial charge in [0, 0.05) is 24.0 Å². The first-order valence-electron chi connectivity index (χ1n) is 9.43. The number of aromatic nitrogens is 1. The third-order valence-electron chi connectivity index (χ3n) is 4.93. The van der Waals surface area contributed by atoms with Crippen molar-refractivity contribution in [1.82, 2.24) is 15.2 Å². The molecule has 1 heterocycles. The lowest BCUT2D eigenvalue weighted by Crippen LogP contribution is -2.39. The number of para-hydroxylation sites is 1. The van der Waals surface area contributed by atoms with Crippen LogP contribution in [0.5, 0.6) is 0 Å². The van der Waals surface area contributed by atoms with Crippen LogP contribution in [0.2, 0.25) is 15.1 Å². The average molecular weight is 463 g/mol. The minimum absolute atomic E-state index is 0.0190. The second-order valence-corrected chi connectivity index (χ2v) is 8.46. The fourth-order valence-electron chi connectivity index (χ4n) is 3.21. The summed E-state index contributed by atoms with van der Waals surface area (Å²) in [5, 5.41) is 4.42. The highest BCUT2D eigenvalue weighted by Gasteiger charge is 2.25. The van der Waals surface area contributed by atoms with E-state index in [1.54, 1.807) is 25.2 Å². The first-order valence-corrected chi connectivity index (χ1v) is 10.6. The summed E-state index contributed by atoms with van der Waals surface area (Å²) in [7, 11) is 1.61. The number of fused-ring (bicyclic) bond motifs is 1. The van der Waals surface area contributed by atoms with Crippen LogP contribution in [0.3, 0.4) is 0 Å². The van der Waals surface area contributed by atoms with Crippen LogP contribution in [0.25, 0.3) is 22.2 Å². The molecular weight excluding hydrogens is 445 g/mol. The molecule has 0 saturated heterocycles. The van der Waals surface area contributed by atoms with Crippen LogP contribution in [-0.2, 0) is 4.79 Å². The van der Waals surface area contributed by atoms with Gasteiger partial charge >= 0.3 is 0 Å². The Morgan fingerprint density at radius 2 is 1.83 bits per heavy atom. The van der Waals surface area contributed by atoms with Gasteiger partial charge < -0.3 is 10.2 Å². The van der Waals surface area contributed by atoms with Gasteiger partial charge in [0.15, 0.2) is 0 Å². The highest BCUT2D eigenvalue weighted by molar-refractivity contribution is 6.49. The number of nitrogens with zero attached hydrogens (tertiary/aromatic N) is 2. The molecule has 1 aliphatic rings. The quantitative estimate of drug-likeness (QED) is 0.529. The zero-order chi connectivity index (χ0) is 21.4. The molecule has 1 aliphatic carbocycles. The minimum Gasteiger partial charge on any atom is -0.352 e. The lowest BCUT2D eigenvalue weighted by molar-refractivity contribution is -0.121. The van der Waals surface area contributed by atoms with E-state index in [0.29, 0.717) is 32.7 Å². The van der Waals surface area contributed by atoms with Gasteiger partial charge in [-0.2, -0.15) is 0 Å². The molecule has 8 heteroatoms. The molecule has 1 aromatic heterocycles. The van der Waals surface area contributed by atoms with Crippen molar-refractivity contribution < 1.29 is 9.59 Å². The summed E-state index contributed by atoms with van der Waals surface area (Å²) in [5.41, 5.74) is 2.13. The lowest BCUT2D eigenvalue weighted by atomic mass is 10.0. The SMILES string of the molecule is CN(CC(=O)NC1CC1)C(=O)c1cc(-c2ccc(Cl)c(Cl)c2Cl)nc2ccccc12. The Bertz CT molecular complexity index is 1160. The van der Waals surface area contributed by atoms with Gasteiger partial charge in [-0.25, -0.2) is 4.98 Å². The van der Waals surface area contributed by atoms with Crippen molar-refractivity contribution in [3.05, 3.63) is 63.1 Å². The Labute approximate surface area is 188 Å². The molecule has 0 atom stereocenters. The Balaban J connectivity index is 1.74. The summed E-state index contributed by atoms with van der Waals surface area (Å²) in [5.74, 6) is -0.448. The summed E-state index contributed by atoms with van der Waals surface area (Å²) >= 11 is 18.6. The van der Waals surface area contributed by atoms with Gasteiger partial charge in [0.05, 0.1) is 38.4 Å². The fraction of sp³-hybridized carbons (Fsp3) is 0.227. The molecule has 0 spiro atoms. The average Bonchev–Trinajstić information content (AvgIpc) is 3.54. The number of hydrogen-bond acceptors (Lipinski definition) is 3. The predicted molar refractivity (Wildman–Crippen MR) is 120 cm³/mol. The molecule has 4 rings (SSSR count). The Hall–Kier alpha value is -2.34. The molecule has 3 aromatic rings. The zero-order valence-corrected chi connectivity index (χ0v) is 18.4. The van der Waals surface area contributed by atoms with Crippen molar-refractivity contribution in [2.24, 2.45) is 0 Å². The van der Waals surface area contributed by atoms with Gasteiger partial charge in [0.1, 0.15) is 0 Å². The van der Waals surface area contributed by atoms with Gasteiger partial charge in [0.25, 0.3) is 5.91 Å². The first kappa shape index (κ1) is 20.9. The number of pyridine rings is 1. The largest absolute Gasteiger partial charge is 0.352 e. The fourth-order valence-corrected chi connectivity index (χ4v) is 3.84. The molecule has 0 unspecified atom stereocenters. The monoisotopic (exact) mass is 461 g/mol. The molecule has 2 amide bonds. The van der Waals surface area contributed by atoms with E-state index in [1.165, 1.54) is 4.90 Å². The van der Waals surface area contributed by atoms with Gasteiger partial charge in [0.2, 0.25) is 5.91 Å². The van der Waals surface area contributed by atoms with E-state index in [0.717, 1.165) is 12.8 Å². The molecule has 0 aliphatic heterocycles. The van der Waals surface area contributed by atoms with E-state index >= 15 is 0 Å². The Morgan fingerprint density at radius 3 is 2.57 bits per heavy atom. The molecular formula is C22H18Cl3N3O2. The number of benzene rings is 2. The molecule has 30 heavy (non-hydrogen) atoms. The smallest absolute Gasteiger partial charge is 0.254 e. The van der Waals surface area contributed by atoms with E-state index in [2.05, 4.69) is 10.3 Å². The van der Waals surface area contributed by atoms with E-state index in [-0.39, 0.29) is 34.4 Å². The summed E-state index contributed by atoms with van der Waals surface area (Å²) in [6.45, 7) is -0.0190. The highest BCUT2D eigenvalue weighted by atomic mass is 35.5. The maximum absolute atomic E-state index is 13.2. The standard InChI is InChI=1S/C22H18Cl3N3O2/c1-28(11-19(29)26-12-6-7-12)22(30)15-10-18(27-17-5-3-2-4-13(15)17)14-8-9-16(23)21(25)20(14)24/h2-5,8-10,12H,6-7,11H2,1H3,(H,26,29). The van der Waals surface area contributed by atoms with Gasteiger partial charge in [-0.1, -0.05) is 53.0 Å². The molecule has 0 bridgehead atoms. The van der Waals surface area contributed by atoms with Crippen molar-refractivity contribution in [3.63, 3.8) is 0 Å². The molecule has 1 fully saturated rings. The number of amides is 2.